The minimum atomic E-state index is -0.541. The van der Waals surface area contributed by atoms with E-state index in [1.54, 1.807) is 19.1 Å². The van der Waals surface area contributed by atoms with Gasteiger partial charge in [-0.25, -0.2) is 9.37 Å². The zero-order valence-electron chi connectivity index (χ0n) is 10.1. The van der Waals surface area contributed by atoms with Crippen LogP contribution in [0.1, 0.15) is 34.2 Å². The van der Waals surface area contributed by atoms with Crippen LogP contribution < -0.4 is 0 Å². The minimum absolute atomic E-state index is 0.122. The van der Waals surface area contributed by atoms with Gasteiger partial charge in [0.2, 0.25) is 0 Å². The molecule has 5 heteroatoms. The lowest BCUT2D eigenvalue weighted by Gasteiger charge is -2.02. The van der Waals surface area contributed by atoms with E-state index in [0.717, 1.165) is 15.6 Å². The lowest BCUT2D eigenvalue weighted by Crippen LogP contribution is -1.92. The maximum Gasteiger partial charge on any atom is 0.145 e. The predicted molar refractivity (Wildman–Crippen MR) is 71.7 cm³/mol. The molecule has 0 bridgehead atoms. The summed E-state index contributed by atoms with van der Waals surface area (Å²) >= 11 is 7.14. The molecule has 1 unspecified atom stereocenters. The Kier molecular flexibility index (Phi) is 4.00. The first-order valence-corrected chi connectivity index (χ1v) is 6.75. The predicted octanol–water partition coefficient (Wildman–Crippen LogP) is 3.89. The summed E-state index contributed by atoms with van der Waals surface area (Å²) in [5, 5.41) is 10.5. The van der Waals surface area contributed by atoms with E-state index in [1.807, 2.05) is 6.92 Å². The van der Waals surface area contributed by atoms with E-state index >= 15 is 0 Å². The number of aliphatic hydroxyl groups excluding tert-OH is 1. The average Bonchev–Trinajstić information content (AvgIpc) is 2.66. The van der Waals surface area contributed by atoms with Crippen molar-refractivity contribution in [1.29, 1.82) is 0 Å². The fourth-order valence-electron chi connectivity index (χ4n) is 1.78. The molecule has 0 spiro atoms. The molecule has 1 atom stereocenters. The molecule has 0 aliphatic rings. The van der Waals surface area contributed by atoms with Gasteiger partial charge < -0.3 is 5.11 Å². The fourth-order valence-corrected chi connectivity index (χ4v) is 3.00. The van der Waals surface area contributed by atoms with Gasteiger partial charge in [0.25, 0.3) is 0 Å². The number of aromatic nitrogens is 1. The first-order chi connectivity index (χ1) is 8.49. The molecule has 96 valence electrons. The van der Waals surface area contributed by atoms with Crippen LogP contribution in [0.4, 0.5) is 4.39 Å². The van der Waals surface area contributed by atoms with Crippen molar-refractivity contribution in [3.63, 3.8) is 0 Å². The van der Waals surface area contributed by atoms with Crippen molar-refractivity contribution in [3.05, 3.63) is 50.2 Å². The molecule has 0 aliphatic carbocycles. The third kappa shape index (κ3) is 2.71. The number of hydrogen-bond acceptors (Lipinski definition) is 3. The molecule has 18 heavy (non-hydrogen) atoms. The molecule has 1 aromatic heterocycles. The van der Waals surface area contributed by atoms with Crippen LogP contribution in [-0.2, 0) is 6.42 Å². The highest BCUT2D eigenvalue weighted by molar-refractivity contribution is 7.11. The first kappa shape index (κ1) is 13.5. The second-order valence-corrected chi connectivity index (χ2v) is 5.65. The van der Waals surface area contributed by atoms with Crippen LogP contribution in [0.3, 0.4) is 0 Å². The van der Waals surface area contributed by atoms with Crippen molar-refractivity contribution in [2.75, 3.05) is 0 Å². The topological polar surface area (TPSA) is 33.1 Å². The Morgan fingerprint density at radius 3 is 2.83 bits per heavy atom. The van der Waals surface area contributed by atoms with Crippen molar-refractivity contribution < 1.29 is 9.50 Å². The van der Waals surface area contributed by atoms with Gasteiger partial charge in [0, 0.05) is 6.42 Å². The molecule has 2 aromatic rings. The lowest BCUT2D eigenvalue weighted by atomic mass is 10.1. The lowest BCUT2D eigenvalue weighted by molar-refractivity contribution is 0.202. The van der Waals surface area contributed by atoms with Crippen LogP contribution >= 0.6 is 22.9 Å². The van der Waals surface area contributed by atoms with Crippen LogP contribution in [-0.4, -0.2) is 10.1 Å². The van der Waals surface area contributed by atoms with Crippen molar-refractivity contribution >= 4 is 22.9 Å². The number of benzene rings is 1. The summed E-state index contributed by atoms with van der Waals surface area (Å²) in [6, 6.07) is 4.94. The summed E-state index contributed by atoms with van der Waals surface area (Å²) in [4.78, 5) is 5.17. The molecule has 1 N–H and O–H groups in total. The first-order valence-electron chi connectivity index (χ1n) is 5.56. The summed E-state index contributed by atoms with van der Waals surface area (Å²) in [5.41, 5.74) is 1.32. The Labute approximate surface area is 114 Å². The minimum Gasteiger partial charge on any atom is -0.388 e. The van der Waals surface area contributed by atoms with Crippen LogP contribution in [0.5, 0.6) is 0 Å². The van der Waals surface area contributed by atoms with E-state index in [0.29, 0.717) is 12.0 Å². The number of halogens is 2. The Balaban J connectivity index is 2.29. The highest BCUT2D eigenvalue weighted by Gasteiger charge is 2.14. The number of nitrogens with zero attached hydrogens (tertiary/aromatic N) is 1. The van der Waals surface area contributed by atoms with Crippen molar-refractivity contribution in [2.24, 2.45) is 0 Å². The summed E-state index contributed by atoms with van der Waals surface area (Å²) in [7, 11) is 0. The van der Waals surface area contributed by atoms with Crippen LogP contribution in [0, 0.1) is 12.7 Å². The summed E-state index contributed by atoms with van der Waals surface area (Å²) < 4.78 is 13.7. The average molecular weight is 286 g/mol. The summed E-state index contributed by atoms with van der Waals surface area (Å²) in [6.45, 7) is 3.54. The Morgan fingerprint density at radius 1 is 1.50 bits per heavy atom. The normalized spacial score (nSPS) is 12.7. The maximum atomic E-state index is 13.7. The molecule has 0 saturated heterocycles. The summed E-state index contributed by atoms with van der Waals surface area (Å²) in [5.74, 6) is -0.398. The van der Waals surface area contributed by atoms with Gasteiger partial charge >= 0.3 is 0 Å². The second-order valence-electron chi connectivity index (χ2n) is 4.12. The van der Waals surface area contributed by atoms with Crippen molar-refractivity contribution in [3.8, 4) is 0 Å². The zero-order chi connectivity index (χ0) is 13.3. The molecule has 0 saturated carbocycles. The third-order valence-corrected chi connectivity index (χ3v) is 4.25. The van der Waals surface area contributed by atoms with Crippen LogP contribution in [0.2, 0.25) is 5.02 Å². The van der Waals surface area contributed by atoms with E-state index < -0.39 is 11.9 Å². The van der Waals surface area contributed by atoms with E-state index in [4.69, 9.17) is 11.6 Å². The Hall–Kier alpha value is -0.970. The van der Waals surface area contributed by atoms with E-state index in [9.17, 15) is 9.50 Å². The van der Waals surface area contributed by atoms with Crippen LogP contribution in [0.25, 0.3) is 0 Å². The molecule has 1 heterocycles. The molecule has 0 radical (unpaired) electrons. The SMILES string of the molecule is Cc1nc(Cc2cccc(Cl)c2F)sc1C(C)O. The molecule has 0 amide bonds. The highest BCUT2D eigenvalue weighted by atomic mass is 35.5. The third-order valence-electron chi connectivity index (χ3n) is 2.63. The molecule has 0 fully saturated rings. The molecular formula is C13H13ClFNOS. The molecule has 2 rings (SSSR count). The number of thiazole rings is 1. The quantitative estimate of drug-likeness (QED) is 0.928. The Morgan fingerprint density at radius 2 is 2.22 bits per heavy atom. The molecule has 2 nitrogen and oxygen atoms in total. The van der Waals surface area contributed by atoms with Crippen LogP contribution in [0.15, 0.2) is 18.2 Å². The van der Waals surface area contributed by atoms with Gasteiger partial charge in [0.15, 0.2) is 0 Å². The smallest absolute Gasteiger partial charge is 0.145 e. The fraction of sp³-hybridized carbons (Fsp3) is 0.308. The number of hydrogen-bond donors (Lipinski definition) is 1. The molecule has 1 aromatic carbocycles. The van der Waals surface area contributed by atoms with Gasteiger partial charge in [-0.05, 0) is 25.5 Å². The van der Waals surface area contributed by atoms with Crippen molar-refractivity contribution in [1.82, 2.24) is 4.98 Å². The largest absolute Gasteiger partial charge is 0.388 e. The number of aliphatic hydroxyl groups is 1. The van der Waals surface area contributed by atoms with E-state index in [2.05, 4.69) is 4.98 Å². The standard InChI is InChI=1S/C13H13ClFNOS/c1-7-13(8(2)17)18-11(16-7)6-9-4-3-5-10(14)12(9)15/h3-5,8,17H,6H2,1-2H3. The Bertz CT molecular complexity index is 568. The van der Waals surface area contributed by atoms with Gasteiger partial charge in [0.05, 0.1) is 26.7 Å². The maximum absolute atomic E-state index is 13.7. The molecule has 0 aliphatic heterocycles. The van der Waals surface area contributed by atoms with Gasteiger partial charge in [-0.1, -0.05) is 23.7 Å². The van der Waals surface area contributed by atoms with E-state index in [1.165, 1.54) is 17.4 Å². The number of aryl methyl sites for hydroxylation is 1. The van der Waals surface area contributed by atoms with Gasteiger partial charge in [0.1, 0.15) is 5.82 Å². The van der Waals surface area contributed by atoms with Crippen molar-refractivity contribution in [2.45, 2.75) is 26.4 Å². The zero-order valence-corrected chi connectivity index (χ0v) is 11.6. The van der Waals surface area contributed by atoms with Gasteiger partial charge in [-0.15, -0.1) is 11.3 Å². The van der Waals surface area contributed by atoms with E-state index in [-0.39, 0.29) is 5.02 Å². The van der Waals surface area contributed by atoms with Gasteiger partial charge in [-0.3, -0.25) is 0 Å². The monoisotopic (exact) mass is 285 g/mol. The molecular weight excluding hydrogens is 273 g/mol. The highest BCUT2D eigenvalue weighted by Crippen LogP contribution is 2.27. The summed E-state index contributed by atoms with van der Waals surface area (Å²) in [6.07, 6.45) is -0.148. The number of rotatable bonds is 3. The second kappa shape index (κ2) is 5.34. The van der Waals surface area contributed by atoms with Gasteiger partial charge in [-0.2, -0.15) is 0 Å².